The van der Waals surface area contributed by atoms with Crippen LogP contribution in [0.4, 0.5) is 0 Å². The lowest BCUT2D eigenvalue weighted by Gasteiger charge is -2.10. The van der Waals surface area contributed by atoms with Gasteiger partial charge in [0.15, 0.2) is 5.82 Å². The Kier molecular flexibility index (Phi) is 3.77. The maximum atomic E-state index is 12.7. The Bertz CT molecular complexity index is 936. The van der Waals surface area contributed by atoms with Crippen LogP contribution in [0.2, 0.25) is 0 Å². The van der Waals surface area contributed by atoms with Crippen LogP contribution in [0.5, 0.6) is 0 Å². The molecule has 0 bridgehead atoms. The van der Waals surface area contributed by atoms with E-state index in [1.54, 1.807) is 17.7 Å². The second-order valence-corrected chi connectivity index (χ2v) is 7.41. The van der Waals surface area contributed by atoms with Crippen LogP contribution in [-0.4, -0.2) is 33.2 Å². The average Bonchev–Trinajstić information content (AvgIpc) is 3.06. The van der Waals surface area contributed by atoms with E-state index >= 15 is 0 Å². The van der Waals surface area contributed by atoms with E-state index in [4.69, 9.17) is 0 Å². The van der Waals surface area contributed by atoms with Crippen molar-refractivity contribution in [2.75, 3.05) is 0 Å². The van der Waals surface area contributed by atoms with Gasteiger partial charge in [-0.1, -0.05) is 6.07 Å². The monoisotopic (exact) mass is 331 g/mol. The number of aromatic nitrogens is 5. The zero-order valence-electron chi connectivity index (χ0n) is 13.1. The molecular formula is C15H17N5O2S. The van der Waals surface area contributed by atoms with E-state index in [0.29, 0.717) is 5.82 Å². The molecule has 0 radical (unpaired) electrons. The Morgan fingerprint density at radius 2 is 1.83 bits per heavy atom. The molecule has 3 aromatic rings. The molecule has 3 rings (SSSR count). The van der Waals surface area contributed by atoms with Gasteiger partial charge in [-0.3, -0.25) is 9.67 Å². The van der Waals surface area contributed by atoms with Crippen molar-refractivity contribution in [2.24, 2.45) is 0 Å². The molecule has 1 N–H and O–H groups in total. The number of nitrogens with one attached hydrogen (secondary N) is 1. The van der Waals surface area contributed by atoms with Gasteiger partial charge in [-0.15, -0.1) is 0 Å². The first kappa shape index (κ1) is 15.4. The highest BCUT2D eigenvalue weighted by Gasteiger charge is 2.24. The minimum absolute atomic E-state index is 0.00930. The van der Waals surface area contributed by atoms with Crippen LogP contribution in [0, 0.1) is 20.8 Å². The first-order chi connectivity index (χ1) is 10.8. The highest BCUT2D eigenvalue weighted by Crippen LogP contribution is 2.20. The van der Waals surface area contributed by atoms with Gasteiger partial charge in [0, 0.05) is 18.1 Å². The largest absolute Gasteiger partial charge is 0.291 e. The Hall–Kier alpha value is -2.48. The highest BCUT2D eigenvalue weighted by atomic mass is 32.2. The molecule has 0 saturated carbocycles. The van der Waals surface area contributed by atoms with Crippen LogP contribution in [-0.2, 0) is 15.6 Å². The quantitative estimate of drug-likeness (QED) is 0.788. The molecule has 2 heterocycles. The van der Waals surface area contributed by atoms with Gasteiger partial charge in [-0.25, -0.2) is 18.4 Å². The summed E-state index contributed by atoms with van der Waals surface area (Å²) in [6.07, 6.45) is 3.12. The van der Waals surface area contributed by atoms with Crippen LogP contribution in [0.25, 0.3) is 5.69 Å². The normalized spacial score (nSPS) is 11.8. The summed E-state index contributed by atoms with van der Waals surface area (Å²) in [5.41, 5.74) is 2.88. The molecule has 0 amide bonds. The second kappa shape index (κ2) is 5.62. The van der Waals surface area contributed by atoms with E-state index in [1.165, 1.54) is 6.20 Å². The number of hydrogen-bond acceptors (Lipinski definition) is 5. The first-order valence-electron chi connectivity index (χ1n) is 7.08. The number of aryl methyl sites for hydroxylation is 3. The lowest BCUT2D eigenvalue weighted by Crippen LogP contribution is -2.13. The third-order valence-electron chi connectivity index (χ3n) is 3.33. The molecule has 0 saturated heterocycles. The molecule has 0 unspecified atom stereocenters. The fourth-order valence-electron chi connectivity index (χ4n) is 2.49. The second-order valence-electron chi connectivity index (χ2n) is 5.52. The zero-order valence-corrected chi connectivity index (χ0v) is 13.9. The van der Waals surface area contributed by atoms with Crippen LogP contribution in [0.3, 0.4) is 0 Å². The SMILES string of the molecule is Cc1cc(C)cc(-n2ccnc2S(=O)(=O)Cc2n[nH]c(C)n2)c1. The summed E-state index contributed by atoms with van der Waals surface area (Å²) in [6.45, 7) is 5.66. The molecule has 0 atom stereocenters. The fraction of sp³-hybridized carbons (Fsp3) is 0.267. The minimum Gasteiger partial charge on any atom is -0.291 e. The van der Waals surface area contributed by atoms with E-state index in [1.807, 2.05) is 32.0 Å². The molecule has 120 valence electrons. The van der Waals surface area contributed by atoms with Gasteiger partial charge in [-0.2, -0.15) is 5.10 Å². The zero-order chi connectivity index (χ0) is 16.6. The van der Waals surface area contributed by atoms with Crippen molar-refractivity contribution in [3.05, 3.63) is 53.4 Å². The molecular weight excluding hydrogens is 314 g/mol. The van der Waals surface area contributed by atoms with Crippen LogP contribution < -0.4 is 0 Å². The number of nitrogens with zero attached hydrogens (tertiary/aromatic N) is 4. The van der Waals surface area contributed by atoms with Gasteiger partial charge >= 0.3 is 0 Å². The topological polar surface area (TPSA) is 93.5 Å². The summed E-state index contributed by atoms with van der Waals surface area (Å²) < 4.78 is 26.9. The summed E-state index contributed by atoms with van der Waals surface area (Å²) in [4.78, 5) is 8.09. The van der Waals surface area contributed by atoms with Gasteiger partial charge in [0.1, 0.15) is 11.6 Å². The van der Waals surface area contributed by atoms with E-state index in [2.05, 4.69) is 20.2 Å². The molecule has 0 fully saturated rings. The molecule has 7 nitrogen and oxygen atoms in total. The van der Waals surface area contributed by atoms with Gasteiger partial charge in [-0.05, 0) is 44.0 Å². The Balaban J connectivity index is 2.03. The first-order valence-corrected chi connectivity index (χ1v) is 8.73. The van der Waals surface area contributed by atoms with Gasteiger partial charge < -0.3 is 0 Å². The van der Waals surface area contributed by atoms with E-state index < -0.39 is 9.84 Å². The summed E-state index contributed by atoms with van der Waals surface area (Å²) in [6, 6.07) is 5.88. The van der Waals surface area contributed by atoms with Crippen molar-refractivity contribution < 1.29 is 8.42 Å². The molecule has 0 aliphatic carbocycles. The van der Waals surface area contributed by atoms with Crippen LogP contribution in [0.1, 0.15) is 22.8 Å². The molecule has 2 aromatic heterocycles. The molecule has 0 aliphatic heterocycles. The van der Waals surface area contributed by atoms with E-state index in [-0.39, 0.29) is 16.7 Å². The Morgan fingerprint density at radius 3 is 2.43 bits per heavy atom. The average molecular weight is 331 g/mol. The van der Waals surface area contributed by atoms with Crippen molar-refractivity contribution in [1.82, 2.24) is 24.7 Å². The van der Waals surface area contributed by atoms with Gasteiger partial charge in [0.25, 0.3) is 0 Å². The highest BCUT2D eigenvalue weighted by molar-refractivity contribution is 7.90. The van der Waals surface area contributed by atoms with Crippen molar-refractivity contribution in [2.45, 2.75) is 31.7 Å². The number of rotatable bonds is 4. The van der Waals surface area contributed by atoms with Gasteiger partial charge in [0.2, 0.25) is 15.0 Å². The predicted molar refractivity (Wildman–Crippen MR) is 85.0 cm³/mol. The Labute approximate surface area is 134 Å². The maximum Gasteiger partial charge on any atom is 0.232 e. The maximum absolute atomic E-state index is 12.7. The molecule has 1 aromatic carbocycles. The predicted octanol–water partition coefficient (Wildman–Crippen LogP) is 1.89. The standard InChI is InChI=1S/C15H17N5O2S/c1-10-6-11(2)8-13(7-10)20-5-4-16-15(20)23(21,22)9-14-17-12(3)18-19-14/h4-8H,9H2,1-3H3,(H,17,18,19). The third-order valence-corrected chi connectivity index (χ3v) is 4.83. The van der Waals surface area contributed by atoms with Crippen molar-refractivity contribution in [1.29, 1.82) is 0 Å². The molecule has 0 aliphatic rings. The third kappa shape index (κ3) is 3.16. The summed E-state index contributed by atoms with van der Waals surface area (Å²) in [7, 11) is -3.65. The summed E-state index contributed by atoms with van der Waals surface area (Å²) in [5.74, 6) is 0.518. The van der Waals surface area contributed by atoms with Crippen molar-refractivity contribution in [3.8, 4) is 5.69 Å². The Morgan fingerprint density at radius 1 is 1.13 bits per heavy atom. The number of sulfone groups is 1. The number of imidazole rings is 1. The summed E-state index contributed by atoms with van der Waals surface area (Å²) in [5, 5.41) is 6.52. The van der Waals surface area contributed by atoms with Gasteiger partial charge in [0.05, 0.1) is 0 Å². The van der Waals surface area contributed by atoms with Crippen molar-refractivity contribution >= 4 is 9.84 Å². The lowest BCUT2D eigenvalue weighted by molar-refractivity contribution is 0.582. The number of hydrogen-bond donors (Lipinski definition) is 1. The van der Waals surface area contributed by atoms with Crippen LogP contribution >= 0.6 is 0 Å². The van der Waals surface area contributed by atoms with E-state index in [9.17, 15) is 8.42 Å². The molecule has 23 heavy (non-hydrogen) atoms. The fourth-order valence-corrected chi connectivity index (χ4v) is 3.78. The molecule has 8 heteroatoms. The minimum atomic E-state index is -3.65. The molecule has 0 spiro atoms. The smallest absolute Gasteiger partial charge is 0.232 e. The van der Waals surface area contributed by atoms with Crippen molar-refractivity contribution in [3.63, 3.8) is 0 Å². The number of H-pyrrole nitrogens is 1. The van der Waals surface area contributed by atoms with E-state index in [0.717, 1.165) is 16.8 Å². The van der Waals surface area contributed by atoms with Crippen LogP contribution in [0.15, 0.2) is 35.7 Å². The summed E-state index contributed by atoms with van der Waals surface area (Å²) >= 11 is 0. The lowest BCUT2D eigenvalue weighted by atomic mass is 10.1. The number of aromatic amines is 1. The number of benzene rings is 1.